The van der Waals surface area contributed by atoms with Crippen molar-refractivity contribution in [1.29, 1.82) is 0 Å². The maximum absolute atomic E-state index is 13.4. The van der Waals surface area contributed by atoms with Gasteiger partial charge >= 0.3 is 0 Å². The van der Waals surface area contributed by atoms with E-state index in [1.165, 1.54) is 78.9 Å². The molecule has 0 radical (unpaired) electrons. The molecule has 0 saturated heterocycles. The van der Waals surface area contributed by atoms with E-state index in [4.69, 9.17) is 81.2 Å². The maximum atomic E-state index is 13.4. The van der Waals surface area contributed by atoms with Crippen molar-refractivity contribution in [3.63, 3.8) is 0 Å². The highest BCUT2D eigenvalue weighted by molar-refractivity contribution is 6.43. The highest BCUT2D eigenvalue weighted by atomic mass is 35.5. The number of hydrogen-bond acceptors (Lipinski definition) is 10. The maximum Gasteiger partial charge on any atom is 0.258 e. The number of Topliss-reactive ketones (excluding diaryl/α,β-unsaturated/α-hetero) is 2. The monoisotopic (exact) mass is 988 g/mol. The van der Waals surface area contributed by atoms with Crippen LogP contribution in [0, 0.1) is 0 Å². The normalized spacial score (nSPS) is 12.7. The minimum Gasteiger partial charge on any atom is -0.324 e. The van der Waals surface area contributed by atoms with Crippen LogP contribution in [0.3, 0.4) is 0 Å². The van der Waals surface area contributed by atoms with Gasteiger partial charge in [-0.05, 0) is 117 Å². The van der Waals surface area contributed by atoms with E-state index in [0.717, 1.165) is 13.8 Å². The average molecular weight is 992 g/mol. The van der Waals surface area contributed by atoms with E-state index >= 15 is 0 Å². The Bertz CT molecular complexity index is 2710. The van der Waals surface area contributed by atoms with Gasteiger partial charge in [0.2, 0.25) is 12.1 Å². The molecule has 0 heterocycles. The zero-order chi connectivity index (χ0) is 46.1. The van der Waals surface area contributed by atoms with Gasteiger partial charge in [-0.3, -0.25) is 28.8 Å². The first-order valence-corrected chi connectivity index (χ1v) is 20.9. The number of carbonyl (C=O) groups is 6. The molecule has 3 unspecified atom stereocenters. The van der Waals surface area contributed by atoms with Crippen LogP contribution in [-0.2, 0) is 19.2 Å². The Balaban J connectivity index is 1.27. The highest BCUT2D eigenvalue weighted by Crippen LogP contribution is 2.32. The number of nitrogens with zero attached hydrogens (tertiary/aromatic N) is 4. The lowest BCUT2D eigenvalue weighted by molar-refractivity contribution is -0.127. The molecule has 0 bridgehead atoms. The van der Waals surface area contributed by atoms with Gasteiger partial charge in [0.15, 0.2) is 11.6 Å². The van der Waals surface area contributed by atoms with E-state index in [1.54, 1.807) is 19.1 Å². The molecule has 0 aliphatic rings. The predicted molar refractivity (Wildman–Crippen MR) is 248 cm³/mol. The van der Waals surface area contributed by atoms with Crippen molar-refractivity contribution in [1.82, 2.24) is 0 Å². The van der Waals surface area contributed by atoms with Crippen LogP contribution in [0.25, 0.3) is 0 Å². The second-order valence-corrected chi connectivity index (χ2v) is 16.4. The summed E-state index contributed by atoms with van der Waals surface area (Å²) in [6.45, 7) is 3.90. The number of azo groups is 2. The van der Waals surface area contributed by atoms with Gasteiger partial charge in [-0.15, -0.1) is 11.6 Å². The Labute approximate surface area is 394 Å². The van der Waals surface area contributed by atoms with E-state index < -0.39 is 52.7 Å². The minimum atomic E-state index is -1.62. The minimum absolute atomic E-state index is 0.0213. The lowest BCUT2D eigenvalue weighted by atomic mass is 10.1. The number of carbonyl (C=O) groups excluding carboxylic acids is 6. The molecule has 5 aromatic rings. The second-order valence-electron chi connectivity index (χ2n) is 13.3. The number of benzene rings is 5. The van der Waals surface area contributed by atoms with Gasteiger partial charge in [0.25, 0.3) is 23.6 Å². The smallest absolute Gasteiger partial charge is 0.258 e. The molecular formula is C42H31Cl7N8O6. The van der Waals surface area contributed by atoms with E-state index in [1.807, 2.05) is 0 Å². The first-order valence-electron chi connectivity index (χ1n) is 18.2. The van der Waals surface area contributed by atoms with Crippen LogP contribution >= 0.6 is 81.2 Å². The molecular weight excluding hydrogens is 961 g/mol. The lowest BCUT2D eigenvalue weighted by Crippen LogP contribution is -2.32. The molecule has 3 atom stereocenters. The van der Waals surface area contributed by atoms with Gasteiger partial charge < -0.3 is 21.3 Å². The summed E-state index contributed by atoms with van der Waals surface area (Å²) in [4.78, 5) is 78.0. The third-order valence-electron chi connectivity index (χ3n) is 8.59. The molecule has 0 aliphatic heterocycles. The number of halogens is 7. The third-order valence-corrected chi connectivity index (χ3v) is 11.0. The molecule has 0 aliphatic carbocycles. The van der Waals surface area contributed by atoms with Crippen LogP contribution in [0.1, 0.15) is 52.4 Å². The Morgan fingerprint density at radius 3 is 1.29 bits per heavy atom. The van der Waals surface area contributed by atoms with E-state index in [9.17, 15) is 28.8 Å². The van der Waals surface area contributed by atoms with E-state index in [-0.39, 0.29) is 54.0 Å². The molecule has 63 heavy (non-hydrogen) atoms. The largest absolute Gasteiger partial charge is 0.324 e. The molecule has 0 aromatic heterocycles. The fraction of sp³-hybridized carbons (Fsp3) is 0.143. The topological polar surface area (TPSA) is 200 Å². The van der Waals surface area contributed by atoms with Gasteiger partial charge in [0, 0.05) is 22.7 Å². The summed E-state index contributed by atoms with van der Waals surface area (Å²) in [5, 5.41) is 27.0. The first kappa shape index (κ1) is 48.6. The molecule has 21 heteroatoms. The van der Waals surface area contributed by atoms with Crippen LogP contribution in [0.5, 0.6) is 0 Å². The van der Waals surface area contributed by atoms with Crippen LogP contribution in [0.4, 0.5) is 34.1 Å². The van der Waals surface area contributed by atoms with Crippen molar-refractivity contribution >= 4 is 151 Å². The number of ketones is 2. The van der Waals surface area contributed by atoms with Gasteiger partial charge in [0.05, 0.1) is 58.0 Å². The molecule has 0 saturated carbocycles. The van der Waals surface area contributed by atoms with Crippen LogP contribution in [-0.4, -0.2) is 47.3 Å². The summed E-state index contributed by atoms with van der Waals surface area (Å²) in [7, 11) is 0. The van der Waals surface area contributed by atoms with Crippen molar-refractivity contribution < 1.29 is 28.8 Å². The summed E-state index contributed by atoms with van der Waals surface area (Å²) in [6, 6.07) is 18.4. The van der Waals surface area contributed by atoms with E-state index in [0.29, 0.717) is 27.0 Å². The summed E-state index contributed by atoms with van der Waals surface area (Å²) in [6.07, 6.45) is 0. The van der Waals surface area contributed by atoms with Crippen molar-refractivity contribution in [2.45, 2.75) is 38.2 Å². The molecule has 5 aromatic carbocycles. The fourth-order valence-corrected chi connectivity index (χ4v) is 6.61. The van der Waals surface area contributed by atoms with Crippen molar-refractivity contribution in [2.24, 2.45) is 20.5 Å². The fourth-order valence-electron chi connectivity index (χ4n) is 5.42. The van der Waals surface area contributed by atoms with Gasteiger partial charge in [-0.2, -0.15) is 20.5 Å². The Hall–Kier alpha value is -5.45. The number of amides is 4. The summed E-state index contributed by atoms with van der Waals surface area (Å²) in [5.41, 5.74) is 1.66. The van der Waals surface area contributed by atoms with Gasteiger partial charge in [-0.1, -0.05) is 69.6 Å². The Morgan fingerprint density at radius 1 is 0.476 bits per heavy atom. The number of anilines is 4. The van der Waals surface area contributed by atoms with Crippen LogP contribution in [0.15, 0.2) is 111 Å². The number of rotatable bonds is 15. The first-order chi connectivity index (χ1) is 29.8. The number of nitrogens with one attached hydrogen (secondary N) is 4. The van der Waals surface area contributed by atoms with Gasteiger partial charge in [-0.25, -0.2) is 0 Å². The van der Waals surface area contributed by atoms with Gasteiger partial charge in [0.1, 0.15) is 0 Å². The average Bonchev–Trinajstić information content (AvgIpc) is 3.22. The van der Waals surface area contributed by atoms with Crippen LogP contribution < -0.4 is 21.3 Å². The standard InChI is InChI=1S/C42H31Cl7N8O6/c1-19(43)27-14-22(52-41(62)37(20(2)58)56-54-25-6-9-30(44)28(15-25)39(60)50-23-4-11-32(46)34(48)17-23)8-13-36(27)53-42(63)38(21(3)59)57-55-26-7-10-31(45)29(16-26)40(61)51-24-5-12-33(47)35(49)18-24/h4-19,37-38H,1-3H3,(H,50,60)(H,51,61)(H,52,62)(H,53,63). The molecule has 324 valence electrons. The Morgan fingerprint density at radius 2 is 0.873 bits per heavy atom. The summed E-state index contributed by atoms with van der Waals surface area (Å²) in [5.74, 6) is -4.21. The van der Waals surface area contributed by atoms with Crippen molar-refractivity contribution in [2.75, 3.05) is 21.3 Å². The Kier molecular flexibility index (Phi) is 16.8. The molecule has 0 spiro atoms. The molecule has 5 rings (SSSR count). The highest BCUT2D eigenvalue weighted by Gasteiger charge is 2.27. The second kappa shape index (κ2) is 21.8. The molecule has 4 amide bonds. The zero-order valence-electron chi connectivity index (χ0n) is 32.8. The number of hydrogen-bond donors (Lipinski definition) is 4. The zero-order valence-corrected chi connectivity index (χ0v) is 38.1. The van der Waals surface area contributed by atoms with E-state index in [2.05, 4.69) is 41.7 Å². The molecule has 14 nitrogen and oxygen atoms in total. The molecule has 0 fully saturated rings. The summed E-state index contributed by atoms with van der Waals surface area (Å²) >= 11 is 43.0. The van der Waals surface area contributed by atoms with Crippen molar-refractivity contribution in [3.8, 4) is 0 Å². The number of alkyl halides is 1. The van der Waals surface area contributed by atoms with Crippen molar-refractivity contribution in [3.05, 3.63) is 138 Å². The SMILES string of the molecule is CC(=O)C(N=Nc1ccc(Cl)c(C(=O)Nc2ccc(Cl)c(Cl)c2)c1)C(=O)Nc1ccc(NC(=O)C(N=Nc2ccc(Cl)c(C(=O)Nc3ccc(Cl)c(Cl)c3)c2)C(C)=O)c(C(C)Cl)c1. The summed E-state index contributed by atoms with van der Waals surface area (Å²) < 4.78 is 0. The lowest BCUT2D eigenvalue weighted by Gasteiger charge is -2.17. The predicted octanol–water partition coefficient (Wildman–Crippen LogP) is 12.8. The van der Waals surface area contributed by atoms with Crippen LogP contribution in [0.2, 0.25) is 30.1 Å². The molecule has 4 N–H and O–H groups in total. The third kappa shape index (κ3) is 13.1. The quantitative estimate of drug-likeness (QED) is 0.0457.